The summed E-state index contributed by atoms with van der Waals surface area (Å²) in [5.41, 5.74) is 0. The molecule has 1 N–H and O–H groups in total. The minimum absolute atomic E-state index is 0.00599. The molecule has 6 heteroatoms. The van der Waals surface area contributed by atoms with E-state index in [0.717, 1.165) is 31.7 Å². The topological polar surface area (TPSA) is 62.6 Å². The Hall–Kier alpha value is -0.850. The van der Waals surface area contributed by atoms with Gasteiger partial charge in [-0.15, -0.1) is 0 Å². The molecule has 124 valence electrons. The van der Waals surface area contributed by atoms with Crippen LogP contribution < -0.4 is 4.72 Å². The lowest BCUT2D eigenvalue weighted by Gasteiger charge is -2.33. The number of rotatable bonds is 7. The van der Waals surface area contributed by atoms with Gasteiger partial charge in [-0.05, 0) is 56.8 Å². The average molecular weight is 326 g/mol. The van der Waals surface area contributed by atoms with Gasteiger partial charge in [0.2, 0.25) is 10.0 Å². The second-order valence-electron chi connectivity index (χ2n) is 6.55. The highest BCUT2D eigenvalue weighted by atomic mass is 32.2. The third-order valence-corrected chi connectivity index (χ3v) is 6.40. The average Bonchev–Trinajstić information content (AvgIpc) is 2.99. The molecule has 3 rings (SSSR count). The van der Waals surface area contributed by atoms with Gasteiger partial charge in [0.1, 0.15) is 5.76 Å². The molecule has 0 unspecified atom stereocenters. The molecule has 0 aromatic carbocycles. The molecule has 1 aromatic rings. The highest BCUT2D eigenvalue weighted by Gasteiger charge is 2.28. The molecule has 2 heterocycles. The summed E-state index contributed by atoms with van der Waals surface area (Å²) in [6, 6.07) is 3.82. The summed E-state index contributed by atoms with van der Waals surface area (Å²) in [5, 5.41) is 0. The molecule has 0 radical (unpaired) electrons. The van der Waals surface area contributed by atoms with Crippen LogP contribution in [-0.2, 0) is 10.0 Å². The quantitative estimate of drug-likeness (QED) is 0.836. The second kappa shape index (κ2) is 7.15. The van der Waals surface area contributed by atoms with E-state index in [-0.39, 0.29) is 11.8 Å². The van der Waals surface area contributed by atoms with Gasteiger partial charge < -0.3 is 4.42 Å². The molecule has 1 saturated carbocycles. The highest BCUT2D eigenvalue weighted by Crippen LogP contribution is 2.28. The molecular weight excluding hydrogens is 300 g/mol. The lowest BCUT2D eigenvalue weighted by Crippen LogP contribution is -2.42. The van der Waals surface area contributed by atoms with Crippen LogP contribution in [0.5, 0.6) is 0 Å². The highest BCUT2D eigenvalue weighted by molar-refractivity contribution is 7.89. The van der Waals surface area contributed by atoms with Crippen molar-refractivity contribution in [3.05, 3.63) is 24.2 Å². The van der Waals surface area contributed by atoms with E-state index in [2.05, 4.69) is 9.62 Å². The number of nitrogens with one attached hydrogen (secondary N) is 1. The molecule has 5 nitrogen and oxygen atoms in total. The number of nitrogens with zero attached hydrogens (tertiary/aromatic N) is 1. The lowest BCUT2D eigenvalue weighted by atomic mass is 9.87. The summed E-state index contributed by atoms with van der Waals surface area (Å²) in [6.45, 7) is 2.42. The number of likely N-dealkylation sites (tertiary alicyclic amines) is 1. The summed E-state index contributed by atoms with van der Waals surface area (Å²) in [4.78, 5) is 2.34. The number of hydrogen-bond acceptors (Lipinski definition) is 4. The van der Waals surface area contributed by atoms with Gasteiger partial charge in [-0.3, -0.25) is 4.90 Å². The fourth-order valence-corrected chi connectivity index (χ4v) is 4.84. The fourth-order valence-electron chi connectivity index (χ4n) is 3.36. The summed E-state index contributed by atoms with van der Waals surface area (Å²) in [6.07, 6.45) is 8.54. The molecule has 0 bridgehead atoms. The third kappa shape index (κ3) is 4.12. The van der Waals surface area contributed by atoms with E-state index in [4.69, 9.17) is 4.42 Å². The van der Waals surface area contributed by atoms with E-state index in [1.54, 1.807) is 6.26 Å². The van der Waals surface area contributed by atoms with Crippen LogP contribution in [0.1, 0.15) is 50.3 Å². The summed E-state index contributed by atoms with van der Waals surface area (Å²) in [7, 11) is -3.18. The number of sulfonamides is 1. The van der Waals surface area contributed by atoms with Gasteiger partial charge in [0.15, 0.2) is 0 Å². The van der Waals surface area contributed by atoms with Gasteiger partial charge in [-0.2, -0.15) is 0 Å². The van der Waals surface area contributed by atoms with Crippen molar-refractivity contribution >= 4 is 10.0 Å². The first-order valence-electron chi connectivity index (χ1n) is 8.39. The molecular formula is C16H26N2O3S. The van der Waals surface area contributed by atoms with Crippen LogP contribution in [0.4, 0.5) is 0 Å². The zero-order chi connectivity index (χ0) is 15.4. The van der Waals surface area contributed by atoms with Crippen LogP contribution in [0.25, 0.3) is 0 Å². The normalized spacial score (nSPS) is 22.4. The van der Waals surface area contributed by atoms with Gasteiger partial charge in [0, 0.05) is 6.54 Å². The standard InChI is InChI=1S/C16H26N2O3S/c19-22(20,13-14-6-4-7-14)17-12-15(16-8-5-11-21-16)18-9-2-1-3-10-18/h5,8,11,14-15,17H,1-4,6-7,9-10,12-13H2/t15-/m0/s1. The first-order valence-corrected chi connectivity index (χ1v) is 10.0. The van der Waals surface area contributed by atoms with Gasteiger partial charge in [-0.25, -0.2) is 13.1 Å². The van der Waals surface area contributed by atoms with E-state index in [9.17, 15) is 8.42 Å². The maximum absolute atomic E-state index is 12.2. The van der Waals surface area contributed by atoms with Gasteiger partial charge >= 0.3 is 0 Å². The molecule has 1 aliphatic carbocycles. The van der Waals surface area contributed by atoms with Crippen LogP contribution in [0.3, 0.4) is 0 Å². The minimum atomic E-state index is -3.18. The van der Waals surface area contributed by atoms with Crippen LogP contribution >= 0.6 is 0 Å². The molecule has 1 saturated heterocycles. The van der Waals surface area contributed by atoms with Crippen LogP contribution in [0.2, 0.25) is 0 Å². The van der Waals surface area contributed by atoms with Crippen LogP contribution in [-0.4, -0.2) is 38.7 Å². The molecule has 1 aliphatic heterocycles. The van der Waals surface area contributed by atoms with Gasteiger partial charge in [0.05, 0.1) is 18.1 Å². The Labute approximate surface area is 133 Å². The van der Waals surface area contributed by atoms with E-state index in [1.807, 2.05) is 12.1 Å². The van der Waals surface area contributed by atoms with Crippen LogP contribution in [0.15, 0.2) is 22.8 Å². The smallest absolute Gasteiger partial charge is 0.211 e. The fraction of sp³-hybridized carbons (Fsp3) is 0.750. The predicted molar refractivity (Wildman–Crippen MR) is 86.0 cm³/mol. The summed E-state index contributed by atoms with van der Waals surface area (Å²) < 4.78 is 32.8. The second-order valence-corrected chi connectivity index (χ2v) is 8.41. The van der Waals surface area contributed by atoms with Crippen molar-refractivity contribution in [1.82, 2.24) is 9.62 Å². The minimum Gasteiger partial charge on any atom is -0.468 e. The zero-order valence-corrected chi connectivity index (χ0v) is 13.9. The zero-order valence-electron chi connectivity index (χ0n) is 13.0. The van der Waals surface area contributed by atoms with Crippen molar-refractivity contribution in [3.63, 3.8) is 0 Å². The predicted octanol–water partition coefficient (Wildman–Crippen LogP) is 2.53. The molecule has 1 atom stereocenters. The van der Waals surface area contributed by atoms with Gasteiger partial charge in [0.25, 0.3) is 0 Å². The molecule has 0 spiro atoms. The molecule has 0 amide bonds. The number of hydrogen-bond donors (Lipinski definition) is 1. The van der Waals surface area contributed by atoms with Gasteiger partial charge in [-0.1, -0.05) is 12.8 Å². The maximum atomic E-state index is 12.2. The van der Waals surface area contributed by atoms with E-state index < -0.39 is 10.0 Å². The monoisotopic (exact) mass is 326 g/mol. The Morgan fingerprint density at radius 2 is 2.00 bits per heavy atom. The Bertz CT molecular complexity index is 546. The number of furan rings is 1. The van der Waals surface area contributed by atoms with E-state index in [0.29, 0.717) is 12.5 Å². The molecule has 2 fully saturated rings. The Balaban J connectivity index is 1.62. The van der Waals surface area contributed by atoms with E-state index in [1.165, 1.54) is 25.7 Å². The summed E-state index contributed by atoms with van der Waals surface area (Å²) >= 11 is 0. The van der Waals surface area contributed by atoms with Crippen molar-refractivity contribution in [3.8, 4) is 0 Å². The largest absolute Gasteiger partial charge is 0.468 e. The first kappa shape index (κ1) is 16.0. The Morgan fingerprint density at radius 1 is 1.23 bits per heavy atom. The van der Waals surface area contributed by atoms with Crippen molar-refractivity contribution in [1.29, 1.82) is 0 Å². The van der Waals surface area contributed by atoms with E-state index >= 15 is 0 Å². The van der Waals surface area contributed by atoms with Crippen LogP contribution in [0, 0.1) is 5.92 Å². The lowest BCUT2D eigenvalue weighted by molar-refractivity contribution is 0.147. The van der Waals surface area contributed by atoms with Crippen molar-refractivity contribution in [2.75, 3.05) is 25.4 Å². The molecule has 22 heavy (non-hydrogen) atoms. The summed E-state index contributed by atoms with van der Waals surface area (Å²) in [5.74, 6) is 1.49. The Kier molecular flexibility index (Phi) is 5.21. The maximum Gasteiger partial charge on any atom is 0.211 e. The third-order valence-electron chi connectivity index (χ3n) is 4.88. The first-order chi connectivity index (χ1) is 10.6. The number of piperidine rings is 1. The van der Waals surface area contributed by atoms with Crippen molar-refractivity contribution in [2.45, 2.75) is 44.6 Å². The van der Waals surface area contributed by atoms with Crippen molar-refractivity contribution < 1.29 is 12.8 Å². The van der Waals surface area contributed by atoms with Crippen molar-refractivity contribution in [2.24, 2.45) is 5.92 Å². The SMILES string of the molecule is O=S(=O)(CC1CCC1)NC[C@@H](c1ccco1)N1CCCCC1. The Morgan fingerprint density at radius 3 is 2.59 bits per heavy atom. The molecule has 1 aromatic heterocycles. The molecule has 2 aliphatic rings.